The van der Waals surface area contributed by atoms with Gasteiger partial charge in [-0.15, -0.1) is 20.5 Å². The van der Waals surface area contributed by atoms with E-state index in [1.807, 2.05) is 55.5 Å². The molecule has 0 aliphatic rings. The first kappa shape index (κ1) is 69.2. The van der Waals surface area contributed by atoms with Gasteiger partial charge in [-0.2, -0.15) is 63.6 Å². The average molecular weight is 1250 g/mol. The van der Waals surface area contributed by atoms with Crippen molar-refractivity contribution in [2.75, 3.05) is 71.0 Å². The first-order valence-electron chi connectivity index (χ1n) is 24.7. The maximum absolute atomic E-state index is 11.4. The summed E-state index contributed by atoms with van der Waals surface area (Å²) in [6.07, 6.45) is 1.08. The number of anilines is 2. The van der Waals surface area contributed by atoms with Gasteiger partial charge in [-0.25, -0.2) is 0 Å². The Labute approximate surface area is 487 Å². The predicted octanol–water partition coefficient (Wildman–Crippen LogP) is 14.6. The van der Waals surface area contributed by atoms with Crippen LogP contribution in [0.25, 0.3) is 0 Å². The number of hydrogen-bond donors (Lipinski definition) is 1. The molecule has 0 atom stereocenters. The van der Waals surface area contributed by atoms with Crippen LogP contribution in [0.4, 0.5) is 94.6 Å². The molecule has 0 heterocycles. The number of rotatable bonds is 25. The van der Waals surface area contributed by atoms with Crippen molar-refractivity contribution in [3.05, 3.63) is 142 Å². The number of azo groups is 4. The molecule has 0 fully saturated rings. The predicted molar refractivity (Wildman–Crippen MR) is 300 cm³/mol. The molecule has 86 heavy (non-hydrogen) atoms. The first-order chi connectivity index (χ1) is 40.7. The number of non-ortho nitro benzene ring substituents is 2. The number of likely N-dealkylation sites (N-methyl/N-ethyl adjacent to an activating group) is 1. The number of benzene rings is 6. The number of methoxy groups -OCH3 is 4. The van der Waals surface area contributed by atoms with Gasteiger partial charge in [0, 0.05) is 86.1 Å². The van der Waals surface area contributed by atoms with Gasteiger partial charge in [-0.1, -0.05) is 15.6 Å². The van der Waals surface area contributed by atoms with E-state index in [1.165, 1.54) is 77.0 Å². The van der Waals surface area contributed by atoms with Crippen molar-refractivity contribution < 1.29 is 85.7 Å². The smallest absolute Gasteiger partial charge is 0.494 e. The lowest BCUT2D eigenvalue weighted by Crippen LogP contribution is -2.31. The van der Waals surface area contributed by atoms with Gasteiger partial charge in [0.2, 0.25) is 0 Å². The van der Waals surface area contributed by atoms with Crippen LogP contribution in [-0.4, -0.2) is 104 Å². The molecule has 1 N–H and O–H groups in total. The molecule has 0 saturated carbocycles. The lowest BCUT2D eigenvalue weighted by molar-refractivity contribution is -0.385. The van der Waals surface area contributed by atoms with Crippen molar-refractivity contribution in [1.82, 2.24) is 0 Å². The molecule has 0 aliphatic heterocycles. The molecule has 0 bridgehead atoms. The van der Waals surface area contributed by atoms with Crippen molar-refractivity contribution in [2.45, 2.75) is 38.2 Å². The van der Waals surface area contributed by atoms with Crippen LogP contribution in [0.2, 0.25) is 0 Å². The highest BCUT2D eigenvalue weighted by atomic mass is 32.2. The number of nitro groups is 2. The van der Waals surface area contributed by atoms with Gasteiger partial charge in [0.25, 0.3) is 11.4 Å². The summed E-state index contributed by atoms with van der Waals surface area (Å²) in [7, 11) is -7.14. The fourth-order valence-electron chi connectivity index (χ4n) is 6.71. The number of alkyl halides is 6. The highest BCUT2D eigenvalue weighted by molar-refractivity contribution is 7.89. The third kappa shape index (κ3) is 20.2. The van der Waals surface area contributed by atoms with Crippen LogP contribution >= 0.6 is 0 Å². The first-order valence-corrected chi connectivity index (χ1v) is 27.5. The number of ether oxygens (including phenoxy) is 4. The van der Waals surface area contributed by atoms with Crippen LogP contribution < -0.4 is 28.7 Å². The highest BCUT2D eigenvalue weighted by Gasteiger charge is 2.54. The molecule has 27 nitrogen and oxygen atoms in total. The molecule has 0 unspecified atom stereocenters. The Bertz CT molecular complexity index is 3330. The lowest BCUT2D eigenvalue weighted by Gasteiger charge is -2.22. The van der Waals surface area contributed by atoms with Crippen molar-refractivity contribution >= 4 is 88.5 Å². The summed E-state index contributed by atoms with van der Waals surface area (Å²) in [6.45, 7) is 9.70. The molecule has 6 rings (SSSR count). The zero-order valence-electron chi connectivity index (χ0n) is 46.4. The fourth-order valence-corrected chi connectivity index (χ4v) is 7.45. The van der Waals surface area contributed by atoms with Crippen molar-refractivity contribution in [2.24, 2.45) is 40.9 Å². The van der Waals surface area contributed by atoms with E-state index in [0.29, 0.717) is 75.0 Å². The third-order valence-electron chi connectivity index (χ3n) is 11.0. The number of nitro benzene ring substituents is 2. The molecule has 0 saturated heterocycles. The monoisotopic (exact) mass is 1250 g/mol. The Balaban J connectivity index is 0.000000296. The minimum Gasteiger partial charge on any atom is -0.494 e. The standard InChI is InChI=1S/C25H28N6O4.C24H26N6O5.C2F6O6S2/c1-5-15-30(6-2)20-11-7-18(8-12-20)26-28-22-16-25(35-4)23(17-24(22)34-3)29-27-19-9-13-21(14-10-19)31(32)33;1-4-29(13-14-31)19-9-5-17(6-10-19)25-27-21-15-24(35-3)22(16-23(21)34-2)28-26-18-7-11-20(12-8-18)30(32)33;3-1(4,5)15(9,10)13-14-16(11,12)2(6,7)8/h7-14,16-17H,5-6,15H2,1-4H3;5-12,15-16,31H,4,13-14H2,1-3H3;. The quantitative estimate of drug-likeness (QED) is 0.0139. The molecule has 0 radical (unpaired) electrons. The summed E-state index contributed by atoms with van der Waals surface area (Å²) in [6, 6.07) is 33.5. The third-order valence-corrected chi connectivity index (χ3v) is 12.7. The van der Waals surface area contributed by atoms with Gasteiger partial charge in [-0.05, 0) is 93.1 Å². The van der Waals surface area contributed by atoms with E-state index in [9.17, 15) is 68.5 Å². The van der Waals surface area contributed by atoms with Crippen LogP contribution in [0.1, 0.15) is 27.2 Å². The normalized spacial score (nSPS) is 11.9. The molecule has 0 aromatic heterocycles. The van der Waals surface area contributed by atoms with Crippen LogP contribution in [0.5, 0.6) is 23.0 Å². The summed E-state index contributed by atoms with van der Waals surface area (Å²) in [5.41, 5.74) is -6.13. The molecule has 0 amide bonds. The number of aliphatic hydroxyl groups is 1. The van der Waals surface area contributed by atoms with Crippen molar-refractivity contribution in [1.29, 1.82) is 0 Å². The van der Waals surface area contributed by atoms with E-state index in [4.69, 9.17) is 18.9 Å². The number of nitrogens with zero attached hydrogens (tertiary/aromatic N) is 12. The van der Waals surface area contributed by atoms with Gasteiger partial charge in [0.1, 0.15) is 45.7 Å². The largest absolute Gasteiger partial charge is 0.525 e. The topological polar surface area (TPSA) is 336 Å². The summed E-state index contributed by atoms with van der Waals surface area (Å²) >= 11 is 0. The minimum absolute atomic E-state index is 0.0174. The second-order valence-electron chi connectivity index (χ2n) is 16.6. The fraction of sp³-hybridized carbons (Fsp3) is 0.294. The van der Waals surface area contributed by atoms with E-state index in [-0.39, 0.29) is 18.0 Å². The number of halogens is 6. The number of hydrogen-bond acceptors (Lipinski definition) is 25. The van der Waals surface area contributed by atoms with Gasteiger partial charge in [0.05, 0.1) is 67.6 Å². The van der Waals surface area contributed by atoms with Crippen molar-refractivity contribution in [3.8, 4) is 23.0 Å². The van der Waals surface area contributed by atoms with E-state index < -0.39 is 41.1 Å². The zero-order valence-corrected chi connectivity index (χ0v) is 48.0. The molecule has 6 aromatic rings. The van der Waals surface area contributed by atoms with Crippen LogP contribution in [0, 0.1) is 20.2 Å². The van der Waals surface area contributed by atoms with Crippen LogP contribution in [0.3, 0.4) is 0 Å². The Morgan fingerprint density at radius 1 is 0.453 bits per heavy atom. The molecule has 0 spiro atoms. The summed E-state index contributed by atoms with van der Waals surface area (Å²) in [4.78, 5) is 25.0. The van der Waals surface area contributed by atoms with Crippen LogP contribution in [-0.2, 0) is 28.9 Å². The maximum Gasteiger partial charge on any atom is 0.525 e. The maximum atomic E-state index is 11.4. The molecule has 462 valence electrons. The summed E-state index contributed by atoms with van der Waals surface area (Å²) < 4.78 is 135. The van der Waals surface area contributed by atoms with Crippen LogP contribution in [0.15, 0.2) is 162 Å². The van der Waals surface area contributed by atoms with Gasteiger partial charge in [-0.3, -0.25) is 20.2 Å². The Morgan fingerprint density at radius 3 is 0.919 bits per heavy atom. The SMILES string of the molecule is CCCN(CC)c1ccc(N=Nc2cc(OC)c(N=Nc3ccc([N+](=O)[O-])cc3)cc2OC)cc1.CCN(CCO)c1ccc(N=Nc2cc(OC)c(N=Nc3ccc([N+](=O)[O-])cc3)cc2OC)cc1.O=S(=O)(OOS(=O)(=O)C(F)(F)F)C(F)(F)F. The molecule has 35 heteroatoms. The average Bonchev–Trinajstić information content (AvgIpc) is 2.47. The Kier molecular flexibility index (Phi) is 25.8. The highest BCUT2D eigenvalue weighted by Crippen LogP contribution is 2.43. The van der Waals surface area contributed by atoms with Gasteiger partial charge < -0.3 is 33.9 Å². The lowest BCUT2D eigenvalue weighted by atomic mass is 10.2. The van der Waals surface area contributed by atoms with Crippen molar-refractivity contribution in [3.63, 3.8) is 0 Å². The molecular formula is C51H54F6N12O15S2. The molecular weight excluding hydrogens is 1200 g/mol. The second kappa shape index (κ2) is 32.1. The summed E-state index contributed by atoms with van der Waals surface area (Å²) in [5, 5.41) is 64.7. The number of aliphatic hydroxyl groups excluding tert-OH is 1. The Morgan fingerprint density at radius 2 is 0.709 bits per heavy atom. The second-order valence-corrected chi connectivity index (χ2v) is 19.6. The summed E-state index contributed by atoms with van der Waals surface area (Å²) in [5.74, 6) is 1.70. The zero-order chi connectivity index (χ0) is 63.8. The minimum atomic E-state index is -6.59. The van der Waals surface area contributed by atoms with E-state index in [1.54, 1.807) is 24.3 Å². The van der Waals surface area contributed by atoms with E-state index in [0.717, 1.165) is 37.4 Å². The Hall–Kier alpha value is -9.32. The molecule has 0 aliphatic carbocycles. The van der Waals surface area contributed by atoms with E-state index >= 15 is 0 Å². The van der Waals surface area contributed by atoms with Gasteiger partial charge >= 0.3 is 31.3 Å². The van der Waals surface area contributed by atoms with E-state index in [2.05, 4.69) is 73.2 Å². The van der Waals surface area contributed by atoms with Gasteiger partial charge in [0.15, 0.2) is 0 Å². The molecule has 6 aromatic carbocycles.